The van der Waals surface area contributed by atoms with Crippen molar-refractivity contribution in [2.24, 2.45) is 0 Å². The van der Waals surface area contributed by atoms with Gasteiger partial charge in [-0.2, -0.15) is 18.2 Å². The van der Waals surface area contributed by atoms with Crippen molar-refractivity contribution < 1.29 is 22.4 Å². The molecule has 4 N–H and O–H groups in total. The Hall–Kier alpha value is -3.57. The van der Waals surface area contributed by atoms with Crippen LogP contribution in [0.2, 0.25) is 0 Å². The number of hydrogen-bond acceptors (Lipinski definition) is 6. The number of carbonyl (C=O) groups is 1. The number of nitrogens with one attached hydrogen (secondary N) is 4. The van der Waals surface area contributed by atoms with Crippen molar-refractivity contribution in [3.63, 3.8) is 0 Å². The lowest BCUT2D eigenvalue weighted by molar-refractivity contribution is -0.138. The molecule has 8 nitrogen and oxygen atoms in total. The fourth-order valence-corrected chi connectivity index (χ4v) is 4.54. The number of amides is 1. The van der Waals surface area contributed by atoms with Crippen molar-refractivity contribution in [1.29, 1.82) is 0 Å². The van der Waals surface area contributed by atoms with Crippen LogP contribution in [-0.4, -0.2) is 39.5 Å². The van der Waals surface area contributed by atoms with E-state index < -0.39 is 29.1 Å². The van der Waals surface area contributed by atoms with Crippen LogP contribution >= 0.6 is 0 Å². The molecule has 1 saturated heterocycles. The van der Waals surface area contributed by atoms with Crippen molar-refractivity contribution in [1.82, 2.24) is 20.3 Å². The number of H-pyrrole nitrogens is 1. The third-order valence-corrected chi connectivity index (χ3v) is 6.57. The molecule has 2 aromatic rings. The lowest BCUT2D eigenvalue weighted by Gasteiger charge is -2.39. The molecule has 1 aromatic carbocycles. The Kier molecular flexibility index (Phi) is 6.24. The van der Waals surface area contributed by atoms with Gasteiger partial charge in [0.05, 0.1) is 22.9 Å². The number of piperidine rings is 1. The molecule has 2 aliphatic rings. The first-order chi connectivity index (χ1) is 16.4. The third-order valence-electron chi connectivity index (χ3n) is 6.57. The van der Waals surface area contributed by atoms with Gasteiger partial charge >= 0.3 is 11.9 Å². The molecule has 3 heterocycles. The SMILES string of the molecule is CC(=O)N1CCC(F)(C2=Cc3c(N[C@H](C)c4cccc(C(F)(F)F)c4C)nc(=O)[nH]c3NN2)CC1. The van der Waals surface area contributed by atoms with Crippen LogP contribution in [0, 0.1) is 6.92 Å². The third kappa shape index (κ3) is 4.82. The minimum Gasteiger partial charge on any atom is -0.363 e. The van der Waals surface area contributed by atoms with Gasteiger partial charge in [-0.3, -0.25) is 15.2 Å². The topological polar surface area (TPSA) is 102 Å². The zero-order valence-corrected chi connectivity index (χ0v) is 19.4. The first kappa shape index (κ1) is 24.6. The number of nitrogens with zero attached hydrogens (tertiary/aromatic N) is 2. The second kappa shape index (κ2) is 8.90. The van der Waals surface area contributed by atoms with Gasteiger partial charge in [-0.05, 0) is 37.1 Å². The van der Waals surface area contributed by atoms with E-state index in [9.17, 15) is 22.8 Å². The molecule has 1 amide bonds. The van der Waals surface area contributed by atoms with Gasteiger partial charge in [-0.15, -0.1) is 0 Å². The Balaban J connectivity index is 1.65. The molecule has 0 bridgehead atoms. The lowest BCUT2D eigenvalue weighted by atomic mass is 9.88. The van der Waals surface area contributed by atoms with E-state index in [-0.39, 0.29) is 54.7 Å². The minimum absolute atomic E-state index is 0.0645. The number of allylic oxidation sites excluding steroid dienone is 1. The Morgan fingerprint density at radius 1 is 1.23 bits per heavy atom. The second-order valence-electron chi connectivity index (χ2n) is 8.84. The van der Waals surface area contributed by atoms with Crippen molar-refractivity contribution in [3.05, 3.63) is 56.6 Å². The summed E-state index contributed by atoms with van der Waals surface area (Å²) in [4.78, 5) is 31.8. The number of benzene rings is 1. The van der Waals surface area contributed by atoms with Crippen LogP contribution in [-0.2, 0) is 11.0 Å². The number of anilines is 2. The minimum atomic E-state index is -4.50. The van der Waals surface area contributed by atoms with E-state index in [1.54, 1.807) is 17.9 Å². The number of rotatable bonds is 4. The Morgan fingerprint density at radius 3 is 2.54 bits per heavy atom. The standard InChI is InChI=1S/C23H26F4N6O2/c1-12-15(5-4-6-17(12)23(25,26)27)13(2)28-19-16-11-18(31-32-20(16)30-21(35)29-19)22(24)7-9-33(10-8-22)14(3)34/h4-6,11,13,31H,7-10H2,1-3H3,(H3,28,29,30,32,35)/t13-/m1/s1. The molecular weight excluding hydrogens is 468 g/mol. The van der Waals surface area contributed by atoms with Crippen LogP contribution in [0.25, 0.3) is 6.08 Å². The van der Waals surface area contributed by atoms with Crippen LogP contribution in [0.5, 0.6) is 0 Å². The van der Waals surface area contributed by atoms with Crippen molar-refractivity contribution in [3.8, 4) is 0 Å². The average molecular weight is 494 g/mol. The normalized spacial score (nSPS) is 18.0. The van der Waals surface area contributed by atoms with E-state index in [1.165, 1.54) is 26.0 Å². The average Bonchev–Trinajstić information content (AvgIpc) is 2.78. The van der Waals surface area contributed by atoms with Crippen molar-refractivity contribution in [2.45, 2.75) is 51.5 Å². The molecule has 0 radical (unpaired) electrons. The molecule has 0 saturated carbocycles. The summed E-state index contributed by atoms with van der Waals surface area (Å²) in [5, 5.41) is 3.02. The lowest BCUT2D eigenvalue weighted by Crippen LogP contribution is -2.48. The highest BCUT2D eigenvalue weighted by Gasteiger charge is 2.40. The first-order valence-electron chi connectivity index (χ1n) is 11.2. The highest BCUT2D eigenvalue weighted by Crippen LogP contribution is 2.38. The zero-order valence-electron chi connectivity index (χ0n) is 19.4. The van der Waals surface area contributed by atoms with E-state index in [0.29, 0.717) is 11.1 Å². The molecule has 188 valence electrons. The smallest absolute Gasteiger partial charge is 0.363 e. The summed E-state index contributed by atoms with van der Waals surface area (Å²) in [6.45, 7) is 5.01. The van der Waals surface area contributed by atoms with Crippen molar-refractivity contribution in [2.75, 3.05) is 23.8 Å². The van der Waals surface area contributed by atoms with Crippen LogP contribution in [0.15, 0.2) is 28.7 Å². The number of aromatic amines is 1. The molecular formula is C23H26F4N6O2. The number of likely N-dealkylation sites (tertiary alicyclic amines) is 1. The molecule has 1 aromatic heterocycles. The summed E-state index contributed by atoms with van der Waals surface area (Å²) in [5.41, 5.74) is 3.43. The maximum atomic E-state index is 15.8. The number of carbonyl (C=O) groups excluding carboxylic acids is 1. The van der Waals surface area contributed by atoms with Gasteiger partial charge in [0.15, 0.2) is 5.67 Å². The van der Waals surface area contributed by atoms with E-state index in [0.717, 1.165) is 6.07 Å². The number of hydrogen-bond donors (Lipinski definition) is 4. The largest absolute Gasteiger partial charge is 0.416 e. The van der Waals surface area contributed by atoms with Gasteiger partial charge in [-0.1, -0.05) is 12.1 Å². The monoisotopic (exact) mass is 494 g/mol. The maximum absolute atomic E-state index is 15.8. The van der Waals surface area contributed by atoms with Gasteiger partial charge < -0.3 is 15.6 Å². The quantitative estimate of drug-likeness (QED) is 0.481. The summed E-state index contributed by atoms with van der Waals surface area (Å²) in [6.07, 6.45) is -2.81. The van der Waals surface area contributed by atoms with Crippen LogP contribution in [0.3, 0.4) is 0 Å². The maximum Gasteiger partial charge on any atom is 0.416 e. The highest BCUT2D eigenvalue weighted by molar-refractivity contribution is 5.77. The molecule has 0 spiro atoms. The van der Waals surface area contributed by atoms with E-state index >= 15 is 4.39 Å². The number of fused-ring (bicyclic) bond motifs is 1. The van der Waals surface area contributed by atoms with Gasteiger partial charge in [0, 0.05) is 32.9 Å². The van der Waals surface area contributed by atoms with Crippen LogP contribution < -0.4 is 21.9 Å². The molecule has 12 heteroatoms. The van der Waals surface area contributed by atoms with Crippen LogP contribution in [0.4, 0.5) is 29.2 Å². The summed E-state index contributed by atoms with van der Waals surface area (Å²) in [7, 11) is 0. The number of hydrazine groups is 1. The second-order valence-corrected chi connectivity index (χ2v) is 8.84. The van der Waals surface area contributed by atoms with Gasteiger partial charge in [0.2, 0.25) is 5.91 Å². The first-order valence-corrected chi connectivity index (χ1v) is 11.2. The molecule has 2 aliphatic heterocycles. The summed E-state index contributed by atoms with van der Waals surface area (Å²) >= 11 is 0. The molecule has 1 fully saturated rings. The Labute approximate surface area is 198 Å². The van der Waals surface area contributed by atoms with E-state index in [2.05, 4.69) is 26.1 Å². The van der Waals surface area contributed by atoms with E-state index in [1.807, 2.05) is 0 Å². The molecule has 0 aliphatic carbocycles. The van der Waals surface area contributed by atoms with Gasteiger partial charge in [0.25, 0.3) is 0 Å². The molecule has 4 rings (SSSR count). The summed E-state index contributed by atoms with van der Waals surface area (Å²) < 4.78 is 55.9. The summed E-state index contributed by atoms with van der Waals surface area (Å²) in [5.74, 6) is 0.228. The zero-order chi connectivity index (χ0) is 25.5. The highest BCUT2D eigenvalue weighted by atomic mass is 19.4. The van der Waals surface area contributed by atoms with Crippen LogP contribution in [0.1, 0.15) is 55.0 Å². The van der Waals surface area contributed by atoms with Crippen molar-refractivity contribution >= 4 is 23.6 Å². The van der Waals surface area contributed by atoms with Gasteiger partial charge in [0.1, 0.15) is 11.6 Å². The Bertz CT molecular complexity index is 1230. The fourth-order valence-electron chi connectivity index (χ4n) is 4.54. The predicted molar refractivity (Wildman–Crippen MR) is 123 cm³/mol. The molecule has 35 heavy (non-hydrogen) atoms. The molecule has 1 atom stereocenters. The van der Waals surface area contributed by atoms with Gasteiger partial charge in [-0.25, -0.2) is 9.18 Å². The number of alkyl halides is 4. The summed E-state index contributed by atoms with van der Waals surface area (Å²) in [6, 6.07) is 3.28. The fraction of sp³-hybridized carbons (Fsp3) is 0.435. The predicted octanol–water partition coefficient (Wildman–Crippen LogP) is 3.89. The Morgan fingerprint density at radius 2 is 1.91 bits per heavy atom. The number of halogens is 4. The molecule has 0 unspecified atom stereocenters. The number of aromatic nitrogens is 2. The van der Waals surface area contributed by atoms with E-state index in [4.69, 9.17) is 0 Å².